The van der Waals surface area contributed by atoms with Crippen molar-refractivity contribution in [3.05, 3.63) is 16.1 Å². The van der Waals surface area contributed by atoms with Gasteiger partial charge in [0, 0.05) is 23.8 Å². The minimum absolute atomic E-state index is 0.434. The van der Waals surface area contributed by atoms with E-state index in [9.17, 15) is 0 Å². The van der Waals surface area contributed by atoms with Crippen LogP contribution < -0.4 is 5.73 Å². The second kappa shape index (κ2) is 4.22. The van der Waals surface area contributed by atoms with Crippen LogP contribution in [-0.4, -0.2) is 11.5 Å². The highest BCUT2D eigenvalue weighted by atomic mass is 32.1. The highest BCUT2D eigenvalue weighted by molar-refractivity contribution is 7.09. The third-order valence-electron chi connectivity index (χ3n) is 3.40. The van der Waals surface area contributed by atoms with Gasteiger partial charge in [-0.05, 0) is 18.3 Å². The lowest BCUT2D eigenvalue weighted by molar-refractivity contribution is 0.497. The summed E-state index contributed by atoms with van der Waals surface area (Å²) < 4.78 is 0. The smallest absolute Gasteiger partial charge is 0.0962 e. The minimum Gasteiger partial charge on any atom is -0.330 e. The van der Waals surface area contributed by atoms with Gasteiger partial charge in [-0.15, -0.1) is 11.3 Å². The fourth-order valence-corrected chi connectivity index (χ4v) is 3.17. The van der Waals surface area contributed by atoms with Gasteiger partial charge in [-0.3, -0.25) is 0 Å². The fraction of sp³-hybridized carbons (Fsp3) is 0.750. The zero-order valence-corrected chi connectivity index (χ0v) is 10.6. The molecule has 0 spiro atoms. The van der Waals surface area contributed by atoms with Crippen molar-refractivity contribution in [1.29, 1.82) is 0 Å². The Kier molecular flexibility index (Phi) is 3.12. The first-order valence-electron chi connectivity index (χ1n) is 5.78. The third kappa shape index (κ3) is 2.23. The molecule has 1 aromatic heterocycles. The molecule has 0 bridgehead atoms. The molecule has 0 amide bonds. The minimum atomic E-state index is 0.434. The van der Waals surface area contributed by atoms with Gasteiger partial charge in [0.05, 0.1) is 10.7 Å². The average Bonchev–Trinajstić information content (AvgIpc) is 2.74. The van der Waals surface area contributed by atoms with Gasteiger partial charge >= 0.3 is 0 Å². The van der Waals surface area contributed by atoms with Gasteiger partial charge in [0.25, 0.3) is 0 Å². The van der Waals surface area contributed by atoms with Crippen molar-refractivity contribution in [2.24, 2.45) is 17.6 Å². The molecule has 3 atom stereocenters. The molecule has 1 aromatic rings. The first kappa shape index (κ1) is 11.1. The highest BCUT2D eigenvalue weighted by Crippen LogP contribution is 2.48. The molecular formula is C12H20N2S. The van der Waals surface area contributed by atoms with E-state index in [1.54, 1.807) is 0 Å². The van der Waals surface area contributed by atoms with Gasteiger partial charge in [0.1, 0.15) is 0 Å². The molecule has 1 fully saturated rings. The molecule has 84 valence electrons. The lowest BCUT2D eigenvalue weighted by Gasteiger charge is -2.15. The molecule has 2 nitrogen and oxygen atoms in total. The van der Waals surface area contributed by atoms with Crippen LogP contribution in [-0.2, 0) is 0 Å². The molecule has 2 rings (SSSR count). The van der Waals surface area contributed by atoms with Gasteiger partial charge < -0.3 is 5.73 Å². The Morgan fingerprint density at radius 2 is 2.27 bits per heavy atom. The second-order valence-electron chi connectivity index (χ2n) is 5.02. The van der Waals surface area contributed by atoms with Gasteiger partial charge in [0.15, 0.2) is 0 Å². The lowest BCUT2D eigenvalue weighted by atomic mass is 9.93. The Morgan fingerprint density at radius 1 is 1.60 bits per heavy atom. The molecule has 0 radical (unpaired) electrons. The van der Waals surface area contributed by atoms with Gasteiger partial charge in [-0.2, -0.15) is 0 Å². The SMILES string of the molecule is CC(C)C(CN)c1csc(C2CC2C)n1. The normalized spacial score (nSPS) is 27.0. The number of nitrogens with zero attached hydrogens (tertiary/aromatic N) is 1. The van der Waals surface area contributed by atoms with E-state index < -0.39 is 0 Å². The van der Waals surface area contributed by atoms with Crippen LogP contribution in [0.1, 0.15) is 49.7 Å². The quantitative estimate of drug-likeness (QED) is 0.854. The van der Waals surface area contributed by atoms with Crippen LogP contribution in [0.4, 0.5) is 0 Å². The Bertz CT molecular complexity index is 332. The number of aromatic nitrogens is 1. The lowest BCUT2D eigenvalue weighted by Crippen LogP contribution is -2.18. The summed E-state index contributed by atoms with van der Waals surface area (Å²) in [6.07, 6.45) is 1.32. The maximum atomic E-state index is 5.80. The van der Waals surface area contributed by atoms with Crippen molar-refractivity contribution in [1.82, 2.24) is 4.98 Å². The van der Waals surface area contributed by atoms with E-state index in [1.165, 1.54) is 17.1 Å². The van der Waals surface area contributed by atoms with Crippen molar-refractivity contribution in [3.63, 3.8) is 0 Å². The summed E-state index contributed by atoms with van der Waals surface area (Å²) in [6.45, 7) is 7.45. The molecule has 0 saturated heterocycles. The molecule has 1 heterocycles. The Balaban J connectivity index is 2.11. The van der Waals surface area contributed by atoms with Crippen LogP contribution in [0.2, 0.25) is 0 Å². The van der Waals surface area contributed by atoms with E-state index in [-0.39, 0.29) is 0 Å². The van der Waals surface area contributed by atoms with Crippen molar-refractivity contribution in [2.75, 3.05) is 6.54 Å². The van der Waals surface area contributed by atoms with Crippen LogP contribution in [0.15, 0.2) is 5.38 Å². The monoisotopic (exact) mass is 224 g/mol. The summed E-state index contributed by atoms with van der Waals surface area (Å²) >= 11 is 1.82. The van der Waals surface area contributed by atoms with Crippen molar-refractivity contribution >= 4 is 11.3 Å². The van der Waals surface area contributed by atoms with Gasteiger partial charge in [-0.1, -0.05) is 20.8 Å². The molecule has 0 aromatic carbocycles. The molecule has 1 aliphatic rings. The Labute approximate surface area is 95.9 Å². The van der Waals surface area contributed by atoms with E-state index in [4.69, 9.17) is 10.7 Å². The van der Waals surface area contributed by atoms with Gasteiger partial charge in [0.2, 0.25) is 0 Å². The number of rotatable bonds is 4. The third-order valence-corrected chi connectivity index (χ3v) is 4.40. The molecule has 15 heavy (non-hydrogen) atoms. The van der Waals surface area contributed by atoms with E-state index in [2.05, 4.69) is 26.2 Å². The molecule has 2 N–H and O–H groups in total. The zero-order chi connectivity index (χ0) is 11.0. The second-order valence-corrected chi connectivity index (χ2v) is 5.91. The molecular weight excluding hydrogens is 204 g/mol. The summed E-state index contributed by atoms with van der Waals surface area (Å²) in [4.78, 5) is 4.75. The first-order chi connectivity index (χ1) is 7.13. The predicted octanol–water partition coefficient (Wildman–Crippen LogP) is 2.96. The number of hydrogen-bond acceptors (Lipinski definition) is 3. The average molecular weight is 224 g/mol. The van der Waals surface area contributed by atoms with E-state index in [0.717, 1.165) is 11.8 Å². The summed E-state index contributed by atoms with van der Waals surface area (Å²) in [5, 5.41) is 3.54. The maximum absolute atomic E-state index is 5.80. The standard InChI is InChI=1S/C12H20N2S/c1-7(2)10(5-13)11-6-15-12(14-11)9-4-8(9)3/h6-10H,4-5,13H2,1-3H3. The molecule has 1 aliphatic carbocycles. The predicted molar refractivity (Wildman–Crippen MR) is 65.3 cm³/mol. The van der Waals surface area contributed by atoms with Crippen LogP contribution in [0.25, 0.3) is 0 Å². The van der Waals surface area contributed by atoms with Crippen molar-refractivity contribution in [3.8, 4) is 0 Å². The van der Waals surface area contributed by atoms with Gasteiger partial charge in [-0.25, -0.2) is 4.98 Å². The highest BCUT2D eigenvalue weighted by Gasteiger charge is 2.36. The Hall–Kier alpha value is -0.410. The largest absolute Gasteiger partial charge is 0.330 e. The first-order valence-corrected chi connectivity index (χ1v) is 6.66. The Morgan fingerprint density at radius 3 is 2.73 bits per heavy atom. The van der Waals surface area contributed by atoms with Crippen LogP contribution >= 0.6 is 11.3 Å². The van der Waals surface area contributed by atoms with Crippen LogP contribution in [0.3, 0.4) is 0 Å². The van der Waals surface area contributed by atoms with Crippen LogP contribution in [0.5, 0.6) is 0 Å². The maximum Gasteiger partial charge on any atom is 0.0962 e. The number of hydrogen-bond donors (Lipinski definition) is 1. The van der Waals surface area contributed by atoms with Crippen LogP contribution in [0, 0.1) is 11.8 Å². The molecule has 3 heteroatoms. The zero-order valence-electron chi connectivity index (χ0n) is 9.73. The molecule has 3 unspecified atom stereocenters. The fourth-order valence-electron chi connectivity index (χ4n) is 2.04. The topological polar surface area (TPSA) is 38.9 Å². The summed E-state index contributed by atoms with van der Waals surface area (Å²) in [5.41, 5.74) is 7.01. The number of thiazole rings is 1. The molecule has 1 saturated carbocycles. The summed E-state index contributed by atoms with van der Waals surface area (Å²) in [5.74, 6) is 2.61. The van der Waals surface area contributed by atoms with E-state index in [1.807, 2.05) is 11.3 Å². The van der Waals surface area contributed by atoms with Crippen molar-refractivity contribution < 1.29 is 0 Å². The van der Waals surface area contributed by atoms with Crippen molar-refractivity contribution in [2.45, 2.75) is 39.0 Å². The van der Waals surface area contributed by atoms with E-state index in [0.29, 0.717) is 18.4 Å². The number of nitrogens with two attached hydrogens (primary N) is 1. The molecule has 0 aliphatic heterocycles. The van der Waals surface area contributed by atoms with E-state index >= 15 is 0 Å². The summed E-state index contributed by atoms with van der Waals surface area (Å²) in [7, 11) is 0. The summed E-state index contributed by atoms with van der Waals surface area (Å²) in [6, 6.07) is 0.